The monoisotopic (exact) mass is 133 g/mol. The zero-order valence-corrected chi connectivity index (χ0v) is 5.37. The van der Waals surface area contributed by atoms with Crippen molar-refractivity contribution in [3.05, 3.63) is 36.1 Å². The van der Waals surface area contributed by atoms with Gasteiger partial charge in [-0.15, -0.1) is 0 Å². The molecule has 1 aliphatic heterocycles. The molecule has 1 N–H and O–H groups in total. The number of hydrogen-bond acceptors (Lipinski definition) is 1. The SMILES string of the molecule is O=C1NC=C2C=CC=C[C@H]12. The van der Waals surface area contributed by atoms with Crippen LogP contribution in [0, 0.1) is 5.92 Å². The molecule has 0 saturated carbocycles. The molecule has 2 rings (SSSR count). The number of amides is 1. The largest absolute Gasteiger partial charge is 0.332 e. The van der Waals surface area contributed by atoms with E-state index in [1.165, 1.54) is 0 Å². The van der Waals surface area contributed by atoms with Gasteiger partial charge >= 0.3 is 0 Å². The van der Waals surface area contributed by atoms with E-state index in [1.807, 2.05) is 24.3 Å². The average molecular weight is 133 g/mol. The molecule has 0 bridgehead atoms. The van der Waals surface area contributed by atoms with Crippen LogP contribution in [0.3, 0.4) is 0 Å². The first-order valence-electron chi connectivity index (χ1n) is 3.23. The Hall–Kier alpha value is -1.31. The predicted molar refractivity (Wildman–Crippen MR) is 38.0 cm³/mol. The summed E-state index contributed by atoms with van der Waals surface area (Å²) in [6, 6.07) is 0. The van der Waals surface area contributed by atoms with E-state index in [0.29, 0.717) is 0 Å². The lowest BCUT2D eigenvalue weighted by molar-refractivity contribution is -0.120. The highest BCUT2D eigenvalue weighted by atomic mass is 16.2. The molecule has 1 heterocycles. The summed E-state index contributed by atoms with van der Waals surface area (Å²) in [5.74, 6) is 0.0561. The highest BCUT2D eigenvalue weighted by molar-refractivity contribution is 5.88. The second-order valence-electron chi connectivity index (χ2n) is 2.37. The molecule has 2 nitrogen and oxygen atoms in total. The molecule has 2 aliphatic rings. The third kappa shape index (κ3) is 0.620. The van der Waals surface area contributed by atoms with Gasteiger partial charge in [-0.05, 0) is 5.57 Å². The van der Waals surface area contributed by atoms with Gasteiger partial charge in [-0.25, -0.2) is 0 Å². The summed E-state index contributed by atoms with van der Waals surface area (Å²) in [5.41, 5.74) is 1.06. The minimum absolute atomic E-state index is 0.0231. The molecule has 1 atom stereocenters. The maximum Gasteiger partial charge on any atom is 0.235 e. The van der Waals surface area contributed by atoms with E-state index in [2.05, 4.69) is 5.32 Å². The van der Waals surface area contributed by atoms with Crippen LogP contribution in [0.15, 0.2) is 36.1 Å². The van der Waals surface area contributed by atoms with Crippen LogP contribution in [0.5, 0.6) is 0 Å². The van der Waals surface area contributed by atoms with Crippen LogP contribution in [0.25, 0.3) is 0 Å². The molecule has 2 heteroatoms. The number of rotatable bonds is 0. The maximum absolute atomic E-state index is 11.0. The number of carbonyl (C=O) groups is 1. The molecule has 0 unspecified atom stereocenters. The molecular weight excluding hydrogens is 126 g/mol. The molecule has 50 valence electrons. The Balaban J connectivity index is 2.39. The normalized spacial score (nSPS) is 27.8. The lowest BCUT2D eigenvalue weighted by atomic mass is 9.97. The van der Waals surface area contributed by atoms with Gasteiger partial charge in [0.15, 0.2) is 0 Å². The van der Waals surface area contributed by atoms with E-state index in [1.54, 1.807) is 6.20 Å². The summed E-state index contributed by atoms with van der Waals surface area (Å²) in [6.07, 6.45) is 9.43. The Kier molecular flexibility index (Phi) is 1.01. The fourth-order valence-corrected chi connectivity index (χ4v) is 1.18. The van der Waals surface area contributed by atoms with Crippen molar-refractivity contribution in [1.29, 1.82) is 0 Å². The summed E-state index contributed by atoms with van der Waals surface area (Å²) >= 11 is 0. The molecule has 0 spiro atoms. The van der Waals surface area contributed by atoms with Gasteiger partial charge in [0.25, 0.3) is 0 Å². The smallest absolute Gasteiger partial charge is 0.235 e. The van der Waals surface area contributed by atoms with Crippen molar-refractivity contribution in [2.75, 3.05) is 0 Å². The second kappa shape index (κ2) is 1.84. The molecule has 0 radical (unpaired) electrons. The molecule has 1 aliphatic carbocycles. The number of carbonyl (C=O) groups excluding carboxylic acids is 1. The number of fused-ring (bicyclic) bond motifs is 1. The fourth-order valence-electron chi connectivity index (χ4n) is 1.18. The van der Waals surface area contributed by atoms with E-state index < -0.39 is 0 Å². The van der Waals surface area contributed by atoms with Gasteiger partial charge in [0, 0.05) is 6.20 Å². The van der Waals surface area contributed by atoms with Gasteiger partial charge in [0.2, 0.25) is 5.91 Å². The van der Waals surface area contributed by atoms with Gasteiger partial charge < -0.3 is 5.32 Å². The first-order valence-corrected chi connectivity index (χ1v) is 3.23. The van der Waals surface area contributed by atoms with Gasteiger partial charge in [0.1, 0.15) is 0 Å². The lowest BCUT2D eigenvalue weighted by Crippen LogP contribution is -2.18. The number of allylic oxidation sites excluding steroid dienone is 3. The van der Waals surface area contributed by atoms with Gasteiger partial charge in [-0.2, -0.15) is 0 Å². The summed E-state index contributed by atoms with van der Waals surface area (Å²) in [6.45, 7) is 0. The molecule has 0 aromatic heterocycles. The van der Waals surface area contributed by atoms with Crippen LogP contribution in [0.1, 0.15) is 0 Å². The van der Waals surface area contributed by atoms with Crippen molar-refractivity contribution in [2.45, 2.75) is 0 Å². The van der Waals surface area contributed by atoms with E-state index in [9.17, 15) is 4.79 Å². The summed E-state index contributed by atoms with van der Waals surface area (Å²) < 4.78 is 0. The van der Waals surface area contributed by atoms with Crippen molar-refractivity contribution < 1.29 is 4.79 Å². The van der Waals surface area contributed by atoms with Crippen molar-refractivity contribution in [1.82, 2.24) is 5.32 Å². The van der Waals surface area contributed by atoms with Crippen molar-refractivity contribution >= 4 is 5.91 Å². The lowest BCUT2D eigenvalue weighted by Gasteiger charge is -2.05. The number of hydrogen-bond donors (Lipinski definition) is 1. The quantitative estimate of drug-likeness (QED) is 0.519. The Morgan fingerprint density at radius 3 is 3.10 bits per heavy atom. The van der Waals surface area contributed by atoms with Crippen molar-refractivity contribution in [3.8, 4) is 0 Å². The van der Waals surface area contributed by atoms with Crippen LogP contribution in [-0.4, -0.2) is 5.91 Å². The molecular formula is C8H7NO. The third-order valence-corrected chi connectivity index (χ3v) is 1.73. The van der Waals surface area contributed by atoms with Gasteiger partial charge in [-0.1, -0.05) is 24.3 Å². The highest BCUT2D eigenvalue weighted by Gasteiger charge is 2.23. The number of nitrogens with one attached hydrogen (secondary N) is 1. The summed E-state index contributed by atoms with van der Waals surface area (Å²) in [5, 5.41) is 2.66. The molecule has 0 aromatic carbocycles. The molecule has 0 saturated heterocycles. The molecule has 1 amide bonds. The summed E-state index contributed by atoms with van der Waals surface area (Å²) in [7, 11) is 0. The van der Waals surface area contributed by atoms with E-state index in [-0.39, 0.29) is 11.8 Å². The van der Waals surface area contributed by atoms with E-state index >= 15 is 0 Å². The van der Waals surface area contributed by atoms with Crippen molar-refractivity contribution in [2.24, 2.45) is 5.92 Å². The van der Waals surface area contributed by atoms with Crippen LogP contribution in [0.4, 0.5) is 0 Å². The van der Waals surface area contributed by atoms with Crippen LogP contribution >= 0.6 is 0 Å². The van der Waals surface area contributed by atoms with E-state index in [0.717, 1.165) is 5.57 Å². The first-order chi connectivity index (χ1) is 4.88. The van der Waals surface area contributed by atoms with Crippen LogP contribution in [-0.2, 0) is 4.79 Å². The zero-order chi connectivity index (χ0) is 6.97. The topological polar surface area (TPSA) is 29.1 Å². The highest BCUT2D eigenvalue weighted by Crippen LogP contribution is 2.21. The Bertz CT molecular complexity index is 260. The molecule has 10 heavy (non-hydrogen) atoms. The predicted octanol–water partition coefficient (Wildman–Crippen LogP) is 0.742. The minimum atomic E-state index is -0.0231. The first kappa shape index (κ1) is 5.47. The van der Waals surface area contributed by atoms with Gasteiger partial charge in [-0.3, -0.25) is 4.79 Å². The molecule has 0 aromatic rings. The zero-order valence-electron chi connectivity index (χ0n) is 5.37. The van der Waals surface area contributed by atoms with Crippen molar-refractivity contribution in [3.63, 3.8) is 0 Å². The van der Waals surface area contributed by atoms with Gasteiger partial charge in [0.05, 0.1) is 5.92 Å². The Morgan fingerprint density at radius 2 is 2.30 bits per heavy atom. The second-order valence-corrected chi connectivity index (χ2v) is 2.37. The maximum atomic E-state index is 11.0. The average Bonchev–Trinajstić information content (AvgIpc) is 2.34. The Morgan fingerprint density at radius 1 is 1.40 bits per heavy atom. The third-order valence-electron chi connectivity index (χ3n) is 1.73. The minimum Gasteiger partial charge on any atom is -0.332 e. The summed E-state index contributed by atoms with van der Waals surface area (Å²) in [4.78, 5) is 11.0. The van der Waals surface area contributed by atoms with E-state index in [4.69, 9.17) is 0 Å². The standard InChI is InChI=1S/C8H7NO/c10-8-7-4-2-1-3-6(7)5-9-8/h1-5,7H,(H,9,10)/t7-/m0/s1. The van der Waals surface area contributed by atoms with Crippen LogP contribution in [0.2, 0.25) is 0 Å². The molecule has 0 fully saturated rings. The fraction of sp³-hybridized carbons (Fsp3) is 0.125. The Labute approximate surface area is 58.9 Å². The van der Waals surface area contributed by atoms with Crippen LogP contribution < -0.4 is 5.32 Å².